The van der Waals surface area contributed by atoms with Crippen molar-refractivity contribution in [1.29, 1.82) is 0 Å². The molecule has 0 radical (unpaired) electrons. The molecule has 74 valence electrons. The number of hydrogen-bond acceptors (Lipinski definition) is 3. The lowest BCUT2D eigenvalue weighted by Gasteiger charge is -1.99. The average Bonchev–Trinajstić information content (AvgIpc) is 2.60. The van der Waals surface area contributed by atoms with E-state index in [0.29, 0.717) is 5.69 Å². The predicted molar refractivity (Wildman–Crippen MR) is 64.6 cm³/mol. The van der Waals surface area contributed by atoms with Gasteiger partial charge in [-0.05, 0) is 25.0 Å². The summed E-state index contributed by atoms with van der Waals surface area (Å²) in [6, 6.07) is 7.66. The van der Waals surface area contributed by atoms with Crippen LogP contribution in [0.1, 0.15) is 10.6 Å². The maximum atomic E-state index is 5.87. The highest BCUT2D eigenvalue weighted by Crippen LogP contribution is 2.30. The molecule has 2 nitrogen and oxygen atoms in total. The number of para-hydroxylation sites is 1. The van der Waals surface area contributed by atoms with Crippen LogP contribution in [0, 0.1) is 19.3 Å². The number of aryl methyl sites for hydroxylation is 1. The summed E-state index contributed by atoms with van der Waals surface area (Å²) in [6.45, 7) is 1.97. The fraction of sp³-hybridized carbons (Fsp3) is 0.0833. The topological polar surface area (TPSA) is 38.9 Å². The third kappa shape index (κ3) is 1.72. The van der Waals surface area contributed by atoms with Crippen molar-refractivity contribution in [1.82, 2.24) is 4.98 Å². The van der Waals surface area contributed by atoms with Crippen molar-refractivity contribution in [3.63, 3.8) is 0 Å². The molecule has 0 aliphatic heterocycles. The molecule has 1 heterocycles. The van der Waals surface area contributed by atoms with Gasteiger partial charge in [0.2, 0.25) is 0 Å². The van der Waals surface area contributed by atoms with Crippen molar-refractivity contribution in [2.75, 3.05) is 5.73 Å². The van der Waals surface area contributed by atoms with Gasteiger partial charge in [0.1, 0.15) is 10.7 Å². The Balaban J connectivity index is 2.56. The van der Waals surface area contributed by atoms with E-state index < -0.39 is 0 Å². The highest BCUT2D eigenvalue weighted by molar-refractivity contribution is 7.15. The molecule has 0 fully saturated rings. The van der Waals surface area contributed by atoms with Crippen LogP contribution in [0.3, 0.4) is 0 Å². The molecule has 3 heteroatoms. The molecule has 2 rings (SSSR count). The average molecular weight is 214 g/mol. The second-order valence-corrected chi connectivity index (χ2v) is 4.36. The van der Waals surface area contributed by atoms with Crippen LogP contribution in [-0.4, -0.2) is 4.98 Å². The molecular formula is C12H10N2S. The Bertz CT molecular complexity index is 535. The van der Waals surface area contributed by atoms with E-state index in [-0.39, 0.29) is 0 Å². The van der Waals surface area contributed by atoms with Crippen LogP contribution in [-0.2, 0) is 0 Å². The Hall–Kier alpha value is -1.79. The minimum Gasteiger partial charge on any atom is -0.398 e. The van der Waals surface area contributed by atoms with Gasteiger partial charge in [0.25, 0.3) is 0 Å². The first-order chi connectivity index (χ1) is 7.22. The fourth-order valence-corrected chi connectivity index (χ4v) is 2.26. The zero-order chi connectivity index (χ0) is 10.8. The molecule has 0 amide bonds. The molecule has 15 heavy (non-hydrogen) atoms. The Labute approximate surface area is 92.8 Å². The highest BCUT2D eigenvalue weighted by Gasteiger charge is 2.09. The fourth-order valence-electron chi connectivity index (χ4n) is 1.34. The molecule has 2 N–H and O–H groups in total. The maximum Gasteiger partial charge on any atom is 0.127 e. The minimum absolute atomic E-state index is 0.707. The zero-order valence-corrected chi connectivity index (χ0v) is 9.14. The van der Waals surface area contributed by atoms with Gasteiger partial charge in [-0.3, -0.25) is 0 Å². The van der Waals surface area contributed by atoms with Crippen molar-refractivity contribution < 1.29 is 0 Å². The van der Waals surface area contributed by atoms with Crippen molar-refractivity contribution in [2.45, 2.75) is 6.92 Å². The van der Waals surface area contributed by atoms with Crippen LogP contribution in [0.4, 0.5) is 5.69 Å². The van der Waals surface area contributed by atoms with Gasteiger partial charge in [0, 0.05) is 16.1 Å². The summed E-state index contributed by atoms with van der Waals surface area (Å²) in [4.78, 5) is 5.41. The van der Waals surface area contributed by atoms with Gasteiger partial charge in [-0.15, -0.1) is 17.8 Å². The number of anilines is 1. The summed E-state index contributed by atoms with van der Waals surface area (Å²) in [5.41, 5.74) is 8.26. The van der Waals surface area contributed by atoms with Crippen molar-refractivity contribution in [3.8, 4) is 22.9 Å². The lowest BCUT2D eigenvalue weighted by molar-refractivity contribution is 1.33. The van der Waals surface area contributed by atoms with Gasteiger partial charge in [0.05, 0.1) is 0 Å². The minimum atomic E-state index is 0.707. The van der Waals surface area contributed by atoms with Crippen molar-refractivity contribution >= 4 is 17.0 Å². The van der Waals surface area contributed by atoms with Gasteiger partial charge in [0.15, 0.2) is 0 Å². The molecule has 1 aromatic heterocycles. The summed E-state index contributed by atoms with van der Waals surface area (Å²) in [5, 5.41) is 0.888. The highest BCUT2D eigenvalue weighted by atomic mass is 32.1. The van der Waals surface area contributed by atoms with Crippen LogP contribution in [0.15, 0.2) is 24.3 Å². The van der Waals surface area contributed by atoms with E-state index in [1.807, 2.05) is 31.2 Å². The predicted octanol–water partition coefficient (Wildman–Crippen LogP) is 2.68. The Kier molecular flexibility index (Phi) is 2.44. The Morgan fingerprint density at radius 3 is 2.73 bits per heavy atom. The molecule has 1 aromatic carbocycles. The molecule has 0 aliphatic carbocycles. The van der Waals surface area contributed by atoms with Crippen LogP contribution in [0.5, 0.6) is 0 Å². The number of nitrogens with zero attached hydrogens (tertiary/aromatic N) is 1. The van der Waals surface area contributed by atoms with Gasteiger partial charge < -0.3 is 5.73 Å². The van der Waals surface area contributed by atoms with Crippen molar-refractivity contribution in [3.05, 3.63) is 34.8 Å². The third-order valence-electron chi connectivity index (χ3n) is 2.12. The number of thiazole rings is 1. The van der Waals surface area contributed by atoms with E-state index in [1.165, 1.54) is 0 Å². The number of aromatic nitrogens is 1. The van der Waals surface area contributed by atoms with Crippen LogP contribution >= 0.6 is 11.3 Å². The standard InChI is InChI=1S/C12H10N2S/c1-3-11-8(2)15-12(14-11)9-6-4-5-7-10(9)13/h1,4-7H,13H2,2H3. The number of hydrogen-bond donors (Lipinski definition) is 1. The van der Waals surface area contributed by atoms with E-state index in [2.05, 4.69) is 10.9 Å². The second-order valence-electron chi connectivity index (χ2n) is 3.16. The number of benzene rings is 1. The third-order valence-corrected chi connectivity index (χ3v) is 3.13. The summed E-state index contributed by atoms with van der Waals surface area (Å²) >= 11 is 1.57. The molecule has 0 atom stereocenters. The monoisotopic (exact) mass is 214 g/mol. The van der Waals surface area contributed by atoms with Gasteiger partial charge in [-0.2, -0.15) is 0 Å². The van der Waals surface area contributed by atoms with Gasteiger partial charge in [-0.1, -0.05) is 12.1 Å². The molecule has 0 aliphatic rings. The van der Waals surface area contributed by atoms with E-state index in [1.54, 1.807) is 11.3 Å². The van der Waals surface area contributed by atoms with E-state index in [4.69, 9.17) is 12.2 Å². The summed E-state index contributed by atoms with van der Waals surface area (Å²) < 4.78 is 0. The number of nitrogen functional groups attached to an aromatic ring is 1. The van der Waals surface area contributed by atoms with E-state index in [9.17, 15) is 0 Å². The first-order valence-electron chi connectivity index (χ1n) is 4.51. The number of nitrogens with two attached hydrogens (primary N) is 1. The number of terminal acetylenes is 1. The van der Waals surface area contributed by atoms with Crippen LogP contribution < -0.4 is 5.73 Å². The lowest BCUT2D eigenvalue weighted by atomic mass is 10.2. The summed E-state index contributed by atoms with van der Waals surface area (Å²) in [6.07, 6.45) is 5.34. The maximum absolute atomic E-state index is 5.87. The van der Waals surface area contributed by atoms with Crippen molar-refractivity contribution in [2.24, 2.45) is 0 Å². The van der Waals surface area contributed by atoms with Crippen LogP contribution in [0.2, 0.25) is 0 Å². The van der Waals surface area contributed by atoms with E-state index in [0.717, 1.165) is 21.1 Å². The zero-order valence-electron chi connectivity index (χ0n) is 8.32. The molecule has 2 aromatic rings. The Morgan fingerprint density at radius 1 is 1.40 bits per heavy atom. The largest absolute Gasteiger partial charge is 0.398 e. The normalized spacial score (nSPS) is 9.87. The summed E-state index contributed by atoms with van der Waals surface area (Å²) in [7, 11) is 0. The van der Waals surface area contributed by atoms with E-state index >= 15 is 0 Å². The molecule has 0 spiro atoms. The first kappa shape index (κ1) is 9.75. The number of rotatable bonds is 1. The molecule has 0 saturated heterocycles. The van der Waals surface area contributed by atoms with Gasteiger partial charge in [-0.25, -0.2) is 4.98 Å². The Morgan fingerprint density at radius 2 is 2.13 bits per heavy atom. The lowest BCUT2D eigenvalue weighted by Crippen LogP contribution is -1.88. The quantitative estimate of drug-likeness (QED) is 0.585. The molecule has 0 bridgehead atoms. The molecule has 0 unspecified atom stereocenters. The van der Waals surface area contributed by atoms with Gasteiger partial charge >= 0.3 is 0 Å². The smallest absolute Gasteiger partial charge is 0.127 e. The molecular weight excluding hydrogens is 204 g/mol. The first-order valence-corrected chi connectivity index (χ1v) is 5.33. The summed E-state index contributed by atoms with van der Waals surface area (Å²) in [5.74, 6) is 2.56. The second kappa shape index (κ2) is 3.76. The van der Waals surface area contributed by atoms with Crippen LogP contribution in [0.25, 0.3) is 10.6 Å². The SMILES string of the molecule is C#Cc1nc(-c2ccccc2N)sc1C. The molecule has 0 saturated carbocycles.